The fraction of sp³-hybridized carbons (Fsp3) is 0.318. The summed E-state index contributed by atoms with van der Waals surface area (Å²) in [6, 6.07) is 5.71. The maximum atomic E-state index is 12.9. The average molecular weight is 460 g/mol. The molecule has 2 aromatic rings. The lowest BCUT2D eigenvalue weighted by Crippen LogP contribution is -2.30. The van der Waals surface area contributed by atoms with E-state index in [1.165, 1.54) is 36.4 Å². The Kier molecular flexibility index (Phi) is 8.65. The van der Waals surface area contributed by atoms with Crippen molar-refractivity contribution in [1.29, 1.82) is 0 Å². The molecule has 0 saturated carbocycles. The predicted molar refractivity (Wildman–Crippen MR) is 123 cm³/mol. The van der Waals surface area contributed by atoms with Crippen molar-refractivity contribution in [1.82, 2.24) is 4.90 Å². The number of benzene rings is 1. The average Bonchev–Trinajstić information content (AvgIpc) is 3.09. The van der Waals surface area contributed by atoms with Crippen molar-refractivity contribution in [3.8, 4) is 0 Å². The molecule has 0 aliphatic rings. The van der Waals surface area contributed by atoms with Crippen molar-refractivity contribution in [2.45, 2.75) is 27.7 Å². The Hall–Kier alpha value is -3.53. The molecule has 10 heteroatoms. The SMILES string of the molecule is CCOC(=O)c1c(NC(=O)C=Cc2ccc([N+](=O)[O-])cc2)sc(C(=O)N(CC)CC)c1C. The number of esters is 1. The molecule has 1 N–H and O–H groups in total. The number of nitro groups is 1. The Bertz CT molecular complexity index is 1040. The molecule has 0 unspecified atom stereocenters. The second kappa shape index (κ2) is 11.2. The van der Waals surface area contributed by atoms with Gasteiger partial charge in [-0.25, -0.2) is 4.79 Å². The molecule has 32 heavy (non-hydrogen) atoms. The second-order valence-electron chi connectivity index (χ2n) is 6.63. The number of carbonyl (C=O) groups excluding carboxylic acids is 3. The summed E-state index contributed by atoms with van der Waals surface area (Å²) < 4.78 is 5.12. The van der Waals surface area contributed by atoms with Gasteiger partial charge in [0.2, 0.25) is 5.91 Å². The maximum Gasteiger partial charge on any atom is 0.341 e. The molecule has 0 aliphatic heterocycles. The first-order valence-corrected chi connectivity index (χ1v) is 10.9. The topological polar surface area (TPSA) is 119 Å². The van der Waals surface area contributed by atoms with E-state index < -0.39 is 16.8 Å². The van der Waals surface area contributed by atoms with Crippen LogP contribution in [0.4, 0.5) is 10.7 Å². The number of thiophene rings is 1. The van der Waals surface area contributed by atoms with E-state index in [9.17, 15) is 24.5 Å². The third kappa shape index (κ3) is 5.79. The van der Waals surface area contributed by atoms with Crippen LogP contribution in [0.5, 0.6) is 0 Å². The van der Waals surface area contributed by atoms with Gasteiger partial charge in [0.1, 0.15) is 5.00 Å². The summed E-state index contributed by atoms with van der Waals surface area (Å²) in [7, 11) is 0. The molecule has 1 heterocycles. The van der Waals surface area contributed by atoms with Gasteiger partial charge in [-0.15, -0.1) is 11.3 Å². The third-order valence-electron chi connectivity index (χ3n) is 4.64. The van der Waals surface area contributed by atoms with Crippen molar-refractivity contribution in [2.24, 2.45) is 0 Å². The lowest BCUT2D eigenvalue weighted by Gasteiger charge is -2.18. The summed E-state index contributed by atoms with van der Waals surface area (Å²) in [6.45, 7) is 8.24. The van der Waals surface area contributed by atoms with E-state index in [0.717, 1.165) is 11.3 Å². The van der Waals surface area contributed by atoms with Gasteiger partial charge in [-0.05, 0) is 57.0 Å². The Morgan fingerprint density at radius 2 is 1.78 bits per heavy atom. The van der Waals surface area contributed by atoms with Crippen LogP contribution < -0.4 is 5.32 Å². The normalized spacial score (nSPS) is 10.8. The number of carbonyl (C=O) groups is 3. The number of hydrogen-bond acceptors (Lipinski definition) is 7. The summed E-state index contributed by atoms with van der Waals surface area (Å²) in [5.41, 5.74) is 1.16. The first kappa shape index (κ1) is 24.7. The molecule has 0 fully saturated rings. The molecular formula is C22H25N3O6S. The Morgan fingerprint density at radius 1 is 1.16 bits per heavy atom. The van der Waals surface area contributed by atoms with Crippen LogP contribution in [0.15, 0.2) is 30.3 Å². The molecule has 2 amide bonds. The number of non-ortho nitro benzene ring substituents is 1. The van der Waals surface area contributed by atoms with Crippen molar-refractivity contribution < 1.29 is 24.0 Å². The summed E-state index contributed by atoms with van der Waals surface area (Å²) in [5, 5.41) is 13.6. The summed E-state index contributed by atoms with van der Waals surface area (Å²) >= 11 is 1.03. The van der Waals surface area contributed by atoms with Gasteiger partial charge in [-0.2, -0.15) is 0 Å². The zero-order valence-corrected chi connectivity index (χ0v) is 19.2. The van der Waals surface area contributed by atoms with E-state index >= 15 is 0 Å². The number of hydrogen-bond donors (Lipinski definition) is 1. The summed E-state index contributed by atoms with van der Waals surface area (Å²) in [5.74, 6) is -1.35. The molecule has 1 aromatic heterocycles. The predicted octanol–water partition coefficient (Wildman–Crippen LogP) is 4.28. The number of nitrogens with zero attached hydrogens (tertiary/aromatic N) is 2. The minimum absolute atomic E-state index is 0.0508. The number of amides is 2. The molecule has 0 atom stereocenters. The highest BCUT2D eigenvalue weighted by atomic mass is 32.1. The Balaban J connectivity index is 2.31. The van der Waals surface area contributed by atoms with Gasteiger partial charge >= 0.3 is 5.97 Å². The van der Waals surface area contributed by atoms with Crippen molar-refractivity contribution in [2.75, 3.05) is 25.0 Å². The number of ether oxygens (including phenoxy) is 1. The highest BCUT2D eigenvalue weighted by Crippen LogP contribution is 2.34. The largest absolute Gasteiger partial charge is 0.462 e. The fourth-order valence-corrected chi connectivity index (χ4v) is 4.11. The summed E-state index contributed by atoms with van der Waals surface area (Å²) in [6.07, 6.45) is 2.74. The van der Waals surface area contributed by atoms with Gasteiger partial charge in [-0.3, -0.25) is 19.7 Å². The van der Waals surface area contributed by atoms with Crippen LogP contribution in [0, 0.1) is 17.0 Å². The van der Waals surface area contributed by atoms with Crippen molar-refractivity contribution >= 4 is 45.9 Å². The van der Waals surface area contributed by atoms with Gasteiger partial charge in [0.05, 0.1) is 22.0 Å². The van der Waals surface area contributed by atoms with Gasteiger partial charge in [-0.1, -0.05) is 0 Å². The van der Waals surface area contributed by atoms with E-state index in [1.807, 2.05) is 13.8 Å². The first-order chi connectivity index (χ1) is 15.2. The molecule has 0 saturated heterocycles. The Labute approximate surface area is 189 Å². The van der Waals surface area contributed by atoms with Crippen LogP contribution in [0.1, 0.15) is 51.9 Å². The van der Waals surface area contributed by atoms with E-state index in [4.69, 9.17) is 4.74 Å². The van der Waals surface area contributed by atoms with Crippen LogP contribution >= 0.6 is 11.3 Å². The van der Waals surface area contributed by atoms with Crippen LogP contribution in [-0.2, 0) is 9.53 Å². The minimum atomic E-state index is -0.616. The number of nitrogens with one attached hydrogen (secondary N) is 1. The van der Waals surface area contributed by atoms with Gasteiger partial charge < -0.3 is 15.0 Å². The van der Waals surface area contributed by atoms with E-state index in [1.54, 1.807) is 18.7 Å². The van der Waals surface area contributed by atoms with E-state index in [0.29, 0.717) is 29.1 Å². The maximum absolute atomic E-state index is 12.9. The molecule has 0 spiro atoms. The van der Waals surface area contributed by atoms with Crippen molar-refractivity contribution in [3.05, 3.63) is 62.0 Å². The molecule has 0 bridgehead atoms. The van der Waals surface area contributed by atoms with Gasteiger partial charge in [0, 0.05) is 31.3 Å². The molecule has 1 aromatic carbocycles. The number of rotatable bonds is 9. The third-order valence-corrected chi connectivity index (χ3v) is 5.83. The standard InChI is InChI=1S/C22H25N3O6S/c1-5-24(6-2)21(27)19-14(4)18(22(28)31-7-3)20(32-19)23-17(26)13-10-15-8-11-16(12-9-15)25(29)30/h8-13H,5-7H2,1-4H3,(H,23,26). The first-order valence-electron chi connectivity index (χ1n) is 10.1. The van der Waals surface area contributed by atoms with Gasteiger partial charge in [0.25, 0.3) is 11.6 Å². The fourth-order valence-electron chi connectivity index (χ4n) is 2.94. The zero-order chi connectivity index (χ0) is 23.8. The lowest BCUT2D eigenvalue weighted by molar-refractivity contribution is -0.384. The van der Waals surface area contributed by atoms with E-state index in [2.05, 4.69) is 5.32 Å². The highest BCUT2D eigenvalue weighted by Gasteiger charge is 2.28. The molecule has 9 nitrogen and oxygen atoms in total. The summed E-state index contributed by atoms with van der Waals surface area (Å²) in [4.78, 5) is 50.1. The molecule has 0 aliphatic carbocycles. The smallest absolute Gasteiger partial charge is 0.341 e. The van der Waals surface area contributed by atoms with Crippen LogP contribution in [0.3, 0.4) is 0 Å². The second-order valence-corrected chi connectivity index (χ2v) is 7.65. The number of nitro benzene ring substituents is 1. The van der Waals surface area contributed by atoms with Crippen LogP contribution in [-0.4, -0.2) is 47.3 Å². The van der Waals surface area contributed by atoms with Crippen molar-refractivity contribution in [3.63, 3.8) is 0 Å². The molecule has 2 rings (SSSR count). The van der Waals surface area contributed by atoms with Gasteiger partial charge in [0.15, 0.2) is 0 Å². The van der Waals surface area contributed by atoms with Crippen LogP contribution in [0.2, 0.25) is 0 Å². The molecular weight excluding hydrogens is 434 g/mol. The zero-order valence-electron chi connectivity index (χ0n) is 18.3. The number of anilines is 1. The molecule has 0 radical (unpaired) electrons. The lowest BCUT2D eigenvalue weighted by atomic mass is 10.1. The highest BCUT2D eigenvalue weighted by molar-refractivity contribution is 7.18. The van der Waals surface area contributed by atoms with E-state index in [-0.39, 0.29) is 28.8 Å². The molecule has 170 valence electrons. The monoisotopic (exact) mass is 459 g/mol. The van der Waals surface area contributed by atoms with Crippen LogP contribution in [0.25, 0.3) is 6.08 Å². The Morgan fingerprint density at radius 3 is 2.31 bits per heavy atom. The minimum Gasteiger partial charge on any atom is -0.462 e. The quantitative estimate of drug-likeness (QED) is 0.259.